The first-order chi connectivity index (χ1) is 9.38. The number of carbonyl (C=O) groups is 1. The van der Waals surface area contributed by atoms with Crippen LogP contribution in [0.5, 0.6) is 0 Å². The predicted molar refractivity (Wildman–Crippen MR) is 85.1 cm³/mol. The monoisotopic (exact) mass is 309 g/mol. The highest BCUT2D eigenvalue weighted by molar-refractivity contribution is 7.14. The first-order valence-corrected chi connectivity index (χ1v) is 8.14. The molecule has 0 amide bonds. The SMILES string of the molecule is Cc1cc(C(C)NCc2cc(C(=O)O)sc2C)c(C)s1. The molecule has 3 nitrogen and oxygen atoms in total. The molecule has 0 saturated heterocycles. The van der Waals surface area contributed by atoms with E-state index in [4.69, 9.17) is 5.11 Å². The van der Waals surface area contributed by atoms with Crippen LogP contribution in [0.4, 0.5) is 0 Å². The standard InChI is InChI=1S/C15H19NO2S2/c1-8-5-13(11(4)19-8)9(2)16-7-12-6-14(15(17)18)20-10(12)3/h5-6,9,16H,7H2,1-4H3,(H,17,18). The molecule has 0 aliphatic heterocycles. The lowest BCUT2D eigenvalue weighted by atomic mass is 10.1. The number of carboxylic acid groups (broad SMARTS) is 1. The Morgan fingerprint density at radius 1 is 1.25 bits per heavy atom. The number of aryl methyl sites for hydroxylation is 3. The third-order valence-corrected chi connectivity index (χ3v) is 5.44. The van der Waals surface area contributed by atoms with Crippen LogP contribution < -0.4 is 5.32 Å². The Hall–Kier alpha value is -1.17. The summed E-state index contributed by atoms with van der Waals surface area (Å²) in [6, 6.07) is 4.27. The highest BCUT2D eigenvalue weighted by atomic mass is 32.1. The molecule has 2 rings (SSSR count). The molecule has 2 aromatic heterocycles. The molecular formula is C15H19NO2S2. The maximum atomic E-state index is 11.0. The second-order valence-corrected chi connectivity index (χ2v) is 7.69. The lowest BCUT2D eigenvalue weighted by Crippen LogP contribution is -2.18. The van der Waals surface area contributed by atoms with E-state index in [1.807, 2.05) is 18.3 Å². The summed E-state index contributed by atoms with van der Waals surface area (Å²) in [6.07, 6.45) is 0. The maximum Gasteiger partial charge on any atom is 0.345 e. The molecule has 1 atom stereocenters. The summed E-state index contributed by atoms with van der Waals surface area (Å²) in [4.78, 5) is 15.1. The number of hydrogen-bond acceptors (Lipinski definition) is 4. The Morgan fingerprint density at radius 2 is 1.95 bits per heavy atom. The first-order valence-electron chi connectivity index (χ1n) is 6.51. The Bertz CT molecular complexity index is 628. The minimum Gasteiger partial charge on any atom is -0.477 e. The Morgan fingerprint density at radius 3 is 2.45 bits per heavy atom. The molecule has 0 bridgehead atoms. The van der Waals surface area contributed by atoms with E-state index in [1.165, 1.54) is 26.7 Å². The molecule has 0 radical (unpaired) electrons. The van der Waals surface area contributed by atoms with Crippen LogP contribution in [0, 0.1) is 20.8 Å². The smallest absolute Gasteiger partial charge is 0.345 e. The van der Waals surface area contributed by atoms with Gasteiger partial charge in [-0.05, 0) is 51.0 Å². The topological polar surface area (TPSA) is 49.3 Å². The van der Waals surface area contributed by atoms with Crippen LogP contribution >= 0.6 is 22.7 Å². The number of nitrogens with one attached hydrogen (secondary N) is 1. The second kappa shape index (κ2) is 6.08. The van der Waals surface area contributed by atoms with Crippen molar-refractivity contribution in [3.63, 3.8) is 0 Å². The van der Waals surface area contributed by atoms with Gasteiger partial charge in [0.15, 0.2) is 0 Å². The second-order valence-electron chi connectivity index (χ2n) is 4.97. The maximum absolute atomic E-state index is 11.0. The van der Waals surface area contributed by atoms with Gasteiger partial charge in [0.1, 0.15) is 4.88 Å². The van der Waals surface area contributed by atoms with E-state index >= 15 is 0 Å². The van der Waals surface area contributed by atoms with E-state index in [2.05, 4.69) is 32.2 Å². The van der Waals surface area contributed by atoms with Gasteiger partial charge in [0.2, 0.25) is 0 Å². The summed E-state index contributed by atoms with van der Waals surface area (Å²) in [7, 11) is 0. The molecule has 0 saturated carbocycles. The molecule has 0 aliphatic carbocycles. The Labute approximate surface area is 127 Å². The zero-order chi connectivity index (χ0) is 14.9. The van der Waals surface area contributed by atoms with E-state index in [-0.39, 0.29) is 6.04 Å². The molecule has 0 aromatic carbocycles. The lowest BCUT2D eigenvalue weighted by molar-refractivity contribution is 0.0702. The van der Waals surface area contributed by atoms with Gasteiger partial charge in [-0.15, -0.1) is 22.7 Å². The van der Waals surface area contributed by atoms with E-state index in [9.17, 15) is 4.79 Å². The molecule has 20 heavy (non-hydrogen) atoms. The lowest BCUT2D eigenvalue weighted by Gasteiger charge is -2.13. The van der Waals surface area contributed by atoms with E-state index in [0.29, 0.717) is 11.4 Å². The number of rotatable bonds is 5. The van der Waals surface area contributed by atoms with Crippen molar-refractivity contribution in [2.45, 2.75) is 40.3 Å². The van der Waals surface area contributed by atoms with Crippen molar-refractivity contribution in [1.82, 2.24) is 5.32 Å². The molecule has 2 aromatic rings. The minimum absolute atomic E-state index is 0.271. The average Bonchev–Trinajstić information content (AvgIpc) is 2.89. The minimum atomic E-state index is -0.846. The molecule has 1 unspecified atom stereocenters. The number of carboxylic acids is 1. The van der Waals surface area contributed by atoms with Gasteiger partial charge in [0, 0.05) is 27.2 Å². The first kappa shape index (κ1) is 15.2. The highest BCUT2D eigenvalue weighted by Gasteiger charge is 2.14. The van der Waals surface area contributed by atoms with Crippen molar-refractivity contribution in [3.8, 4) is 0 Å². The molecular weight excluding hydrogens is 290 g/mol. The molecule has 0 aliphatic rings. The molecule has 0 spiro atoms. The van der Waals surface area contributed by atoms with Gasteiger partial charge < -0.3 is 10.4 Å². The van der Waals surface area contributed by atoms with Crippen LogP contribution in [0.2, 0.25) is 0 Å². The largest absolute Gasteiger partial charge is 0.477 e. The molecule has 108 valence electrons. The van der Waals surface area contributed by atoms with Crippen molar-refractivity contribution in [1.29, 1.82) is 0 Å². The van der Waals surface area contributed by atoms with Crippen LogP contribution in [-0.2, 0) is 6.54 Å². The predicted octanol–water partition coefficient (Wildman–Crippen LogP) is 4.28. The van der Waals surface area contributed by atoms with Crippen molar-refractivity contribution >= 4 is 28.6 Å². The van der Waals surface area contributed by atoms with Crippen molar-refractivity contribution < 1.29 is 9.90 Å². The number of aromatic carboxylic acids is 1. The quantitative estimate of drug-likeness (QED) is 0.866. The van der Waals surface area contributed by atoms with Gasteiger partial charge in [-0.1, -0.05) is 0 Å². The fraction of sp³-hybridized carbons (Fsp3) is 0.400. The van der Waals surface area contributed by atoms with Crippen LogP contribution in [-0.4, -0.2) is 11.1 Å². The molecule has 5 heteroatoms. The van der Waals surface area contributed by atoms with E-state index < -0.39 is 5.97 Å². The van der Waals surface area contributed by atoms with Crippen LogP contribution in [0.3, 0.4) is 0 Å². The number of hydrogen-bond donors (Lipinski definition) is 2. The van der Waals surface area contributed by atoms with Crippen molar-refractivity contribution in [2.75, 3.05) is 0 Å². The van der Waals surface area contributed by atoms with E-state index in [0.717, 1.165) is 10.4 Å². The normalized spacial score (nSPS) is 12.6. The van der Waals surface area contributed by atoms with Crippen LogP contribution in [0.25, 0.3) is 0 Å². The van der Waals surface area contributed by atoms with Gasteiger partial charge in [-0.3, -0.25) is 0 Å². The highest BCUT2D eigenvalue weighted by Crippen LogP contribution is 2.27. The van der Waals surface area contributed by atoms with Crippen LogP contribution in [0.15, 0.2) is 12.1 Å². The van der Waals surface area contributed by atoms with Gasteiger partial charge in [-0.2, -0.15) is 0 Å². The van der Waals surface area contributed by atoms with Gasteiger partial charge >= 0.3 is 5.97 Å². The third-order valence-electron chi connectivity index (χ3n) is 3.38. The zero-order valence-corrected chi connectivity index (χ0v) is 13.7. The Kier molecular flexibility index (Phi) is 4.62. The van der Waals surface area contributed by atoms with Gasteiger partial charge in [-0.25, -0.2) is 4.79 Å². The summed E-state index contributed by atoms with van der Waals surface area (Å²) in [5, 5.41) is 12.5. The fourth-order valence-corrected chi connectivity index (χ4v) is 4.16. The number of thiophene rings is 2. The van der Waals surface area contributed by atoms with Gasteiger partial charge in [0.25, 0.3) is 0 Å². The summed E-state index contributed by atoms with van der Waals surface area (Å²) in [5.74, 6) is -0.846. The third kappa shape index (κ3) is 3.29. The van der Waals surface area contributed by atoms with Gasteiger partial charge in [0.05, 0.1) is 0 Å². The van der Waals surface area contributed by atoms with Crippen molar-refractivity contribution in [3.05, 3.63) is 42.8 Å². The summed E-state index contributed by atoms with van der Waals surface area (Å²) < 4.78 is 0. The summed E-state index contributed by atoms with van der Waals surface area (Å²) in [5.41, 5.74) is 2.41. The molecule has 2 N–H and O–H groups in total. The van der Waals surface area contributed by atoms with Crippen LogP contribution in [0.1, 0.15) is 48.4 Å². The summed E-state index contributed by atoms with van der Waals surface area (Å²) in [6.45, 7) is 9.08. The summed E-state index contributed by atoms with van der Waals surface area (Å²) >= 11 is 3.15. The van der Waals surface area contributed by atoms with Crippen molar-refractivity contribution in [2.24, 2.45) is 0 Å². The van der Waals surface area contributed by atoms with E-state index in [1.54, 1.807) is 6.07 Å². The molecule has 2 heterocycles. The zero-order valence-electron chi connectivity index (χ0n) is 12.1. The average molecular weight is 309 g/mol. The fourth-order valence-electron chi connectivity index (χ4n) is 2.25. The Balaban J connectivity index is 2.05. The molecule has 0 fully saturated rings.